The van der Waals surface area contributed by atoms with Gasteiger partial charge in [0.05, 0.1) is 5.56 Å². The largest absolute Gasteiger partial charge is 0.418 e. The monoisotopic (exact) mass is 452 g/mol. The fraction of sp³-hybridized carbons (Fsp3) is 0.542. The maximum absolute atomic E-state index is 13.7. The van der Waals surface area contributed by atoms with Crippen LogP contribution in [0.4, 0.5) is 19.0 Å². The van der Waals surface area contributed by atoms with E-state index in [-0.39, 0.29) is 20.5 Å². The highest BCUT2D eigenvalue weighted by Crippen LogP contribution is 2.34. The van der Waals surface area contributed by atoms with Gasteiger partial charge < -0.3 is 10.2 Å². The quantitative estimate of drug-likeness (QED) is 0.561. The van der Waals surface area contributed by atoms with E-state index < -0.39 is 23.2 Å². The van der Waals surface area contributed by atoms with Crippen molar-refractivity contribution in [1.29, 1.82) is 0 Å². The van der Waals surface area contributed by atoms with Gasteiger partial charge in [-0.05, 0) is 49.9 Å². The van der Waals surface area contributed by atoms with Crippen molar-refractivity contribution in [3.05, 3.63) is 53.0 Å². The number of anilines is 1. The number of nitrogens with one attached hydrogen (secondary N) is 1. The Balaban J connectivity index is 0.00000289. The van der Waals surface area contributed by atoms with E-state index in [2.05, 4.69) is 36.1 Å². The highest BCUT2D eigenvalue weighted by molar-refractivity contribution is 6.09. The predicted octanol–water partition coefficient (Wildman–Crippen LogP) is 5.52. The lowest BCUT2D eigenvalue weighted by molar-refractivity contribution is -0.138. The summed E-state index contributed by atoms with van der Waals surface area (Å²) >= 11 is 0. The molecule has 0 aromatic carbocycles. The van der Waals surface area contributed by atoms with Crippen LogP contribution in [-0.2, 0) is 6.18 Å². The van der Waals surface area contributed by atoms with Crippen LogP contribution in [0.3, 0.4) is 0 Å². The molecular weight excluding hydrogens is 417 g/mol. The molecule has 0 saturated carbocycles. The molecule has 0 aliphatic carbocycles. The van der Waals surface area contributed by atoms with Crippen LogP contribution >= 0.6 is 0 Å². The number of ketones is 1. The van der Waals surface area contributed by atoms with Crippen LogP contribution in [0.2, 0.25) is 0 Å². The molecule has 1 fully saturated rings. The van der Waals surface area contributed by atoms with Crippen LogP contribution in [0.15, 0.2) is 30.5 Å². The first-order valence-corrected chi connectivity index (χ1v) is 11.2. The van der Waals surface area contributed by atoms with Crippen molar-refractivity contribution in [3.8, 4) is 0 Å². The van der Waals surface area contributed by atoms with Gasteiger partial charge in [0, 0.05) is 45.5 Å². The van der Waals surface area contributed by atoms with Gasteiger partial charge in [-0.1, -0.05) is 27.2 Å². The number of alkyl halides is 3. The summed E-state index contributed by atoms with van der Waals surface area (Å²) in [6, 6.07) is 5.83. The molecule has 8 heteroatoms. The summed E-state index contributed by atoms with van der Waals surface area (Å²) in [6.07, 6.45) is -0.250. The number of aryl methyl sites for hydroxylation is 1. The number of aromatic nitrogens is 2. The summed E-state index contributed by atoms with van der Waals surface area (Å²) in [7, 11) is 0. The van der Waals surface area contributed by atoms with Gasteiger partial charge in [-0.15, -0.1) is 0 Å². The smallest absolute Gasteiger partial charge is 0.353 e. The van der Waals surface area contributed by atoms with Crippen molar-refractivity contribution in [1.82, 2.24) is 15.3 Å². The molecule has 0 amide bonds. The number of piperazine rings is 1. The molecule has 0 bridgehead atoms. The first kappa shape index (κ1) is 24.2. The molecule has 1 N–H and O–H groups in total. The van der Waals surface area contributed by atoms with Gasteiger partial charge in [0.15, 0.2) is 0 Å². The number of nitrogens with zero attached hydrogens (tertiary/aromatic N) is 3. The molecule has 3 rings (SSSR count). The number of halogens is 3. The van der Waals surface area contributed by atoms with Crippen LogP contribution in [-0.4, -0.2) is 40.9 Å². The average molecular weight is 453 g/mol. The highest BCUT2D eigenvalue weighted by Gasteiger charge is 2.38. The Morgan fingerprint density at radius 3 is 2.59 bits per heavy atom. The molecule has 5 nitrogen and oxygen atoms in total. The zero-order valence-corrected chi connectivity index (χ0v) is 19.0. The Hall–Kier alpha value is -2.48. The standard InChI is InChI=1S/C24H31F3N4O.2H2/c1-5-7-17-13-31(14-18(29-17)12-15(2)3)21-10-9-20(24(25,26)27)22(30-21)23(32)19-8-6-11-28-16(19)4;;/h6,8-11,15,17-18,29H,5,7,12-14H2,1-4H3;2*1H/t17-,18+;;/m1../s1. The molecule has 0 spiro atoms. The van der Waals surface area contributed by atoms with Crippen LogP contribution in [0.5, 0.6) is 0 Å². The molecule has 1 saturated heterocycles. The summed E-state index contributed by atoms with van der Waals surface area (Å²) in [4.78, 5) is 23.5. The summed E-state index contributed by atoms with van der Waals surface area (Å²) in [6.45, 7) is 9.29. The van der Waals surface area contributed by atoms with E-state index in [9.17, 15) is 18.0 Å². The SMILES string of the molecule is CCC[C@@H]1CN(c2ccc(C(F)(F)F)c(C(=O)c3cccnc3C)n2)C[C@H](CC(C)C)N1.[HH].[HH]. The van der Waals surface area contributed by atoms with E-state index in [4.69, 9.17) is 0 Å². The maximum atomic E-state index is 13.7. The van der Waals surface area contributed by atoms with E-state index in [1.165, 1.54) is 18.3 Å². The number of rotatable bonds is 7. The first-order chi connectivity index (χ1) is 15.1. The predicted molar refractivity (Wildman–Crippen MR) is 123 cm³/mol. The summed E-state index contributed by atoms with van der Waals surface area (Å²) in [5.41, 5.74) is -1.09. The zero-order chi connectivity index (χ0) is 23.5. The lowest BCUT2D eigenvalue weighted by Crippen LogP contribution is -2.57. The van der Waals surface area contributed by atoms with Crippen LogP contribution in [0.25, 0.3) is 0 Å². The molecule has 3 heterocycles. The Morgan fingerprint density at radius 2 is 1.97 bits per heavy atom. The van der Waals surface area contributed by atoms with Crippen molar-refractivity contribution in [3.63, 3.8) is 0 Å². The van der Waals surface area contributed by atoms with E-state index in [1.807, 2.05) is 4.90 Å². The number of pyridine rings is 2. The fourth-order valence-electron chi connectivity index (χ4n) is 4.35. The molecular formula is C24H35F3N4O. The normalized spacial score (nSPS) is 19.4. The number of carbonyl (C=O) groups is 1. The molecule has 178 valence electrons. The van der Waals surface area contributed by atoms with Gasteiger partial charge in [-0.3, -0.25) is 9.78 Å². The first-order valence-electron chi connectivity index (χ1n) is 11.2. The molecule has 2 aromatic rings. The lowest BCUT2D eigenvalue weighted by atomic mass is 9.98. The summed E-state index contributed by atoms with van der Waals surface area (Å²) < 4.78 is 41.2. The Kier molecular flexibility index (Phi) is 7.54. The van der Waals surface area contributed by atoms with E-state index >= 15 is 0 Å². The third-order valence-electron chi connectivity index (χ3n) is 5.72. The second kappa shape index (κ2) is 9.98. The highest BCUT2D eigenvalue weighted by atomic mass is 19.4. The van der Waals surface area contributed by atoms with Crippen LogP contribution < -0.4 is 10.2 Å². The number of hydrogen-bond donors (Lipinski definition) is 1. The fourth-order valence-corrected chi connectivity index (χ4v) is 4.35. The van der Waals surface area contributed by atoms with Crippen molar-refractivity contribution in [2.75, 3.05) is 18.0 Å². The molecule has 32 heavy (non-hydrogen) atoms. The van der Waals surface area contributed by atoms with Gasteiger partial charge >= 0.3 is 6.18 Å². The zero-order valence-electron chi connectivity index (χ0n) is 19.0. The maximum Gasteiger partial charge on any atom is 0.418 e. The minimum atomic E-state index is -4.68. The molecule has 2 aromatic heterocycles. The third kappa shape index (κ3) is 5.65. The van der Waals surface area contributed by atoms with Crippen molar-refractivity contribution in [2.45, 2.75) is 65.2 Å². The minimum absolute atomic E-state index is 0. The minimum Gasteiger partial charge on any atom is -0.353 e. The molecule has 0 radical (unpaired) electrons. The Bertz CT molecular complexity index is 956. The third-order valence-corrected chi connectivity index (χ3v) is 5.72. The van der Waals surface area contributed by atoms with Crippen molar-refractivity contribution in [2.24, 2.45) is 5.92 Å². The Labute approximate surface area is 190 Å². The molecule has 1 aliphatic heterocycles. The second-order valence-corrected chi connectivity index (χ2v) is 8.91. The topological polar surface area (TPSA) is 58.1 Å². The lowest BCUT2D eigenvalue weighted by Gasteiger charge is -2.40. The summed E-state index contributed by atoms with van der Waals surface area (Å²) in [5, 5.41) is 3.67. The Morgan fingerprint density at radius 1 is 1.25 bits per heavy atom. The van der Waals surface area contributed by atoms with E-state index in [0.29, 0.717) is 30.5 Å². The van der Waals surface area contributed by atoms with E-state index in [1.54, 1.807) is 13.0 Å². The van der Waals surface area contributed by atoms with Crippen LogP contribution in [0, 0.1) is 12.8 Å². The molecule has 1 aliphatic rings. The number of hydrogen-bond acceptors (Lipinski definition) is 5. The van der Waals surface area contributed by atoms with Crippen LogP contribution in [0.1, 0.15) is 70.2 Å². The number of carbonyl (C=O) groups excluding carboxylic acids is 1. The van der Waals surface area contributed by atoms with Crippen molar-refractivity contribution >= 4 is 11.6 Å². The van der Waals surface area contributed by atoms with Gasteiger partial charge in [0.25, 0.3) is 0 Å². The van der Waals surface area contributed by atoms with Gasteiger partial charge in [-0.2, -0.15) is 13.2 Å². The van der Waals surface area contributed by atoms with Gasteiger partial charge in [0.2, 0.25) is 5.78 Å². The summed E-state index contributed by atoms with van der Waals surface area (Å²) in [5.74, 6) is 0.129. The second-order valence-electron chi connectivity index (χ2n) is 8.91. The molecule has 0 unspecified atom stereocenters. The van der Waals surface area contributed by atoms with E-state index in [0.717, 1.165) is 25.3 Å². The van der Waals surface area contributed by atoms with Gasteiger partial charge in [-0.25, -0.2) is 4.98 Å². The van der Waals surface area contributed by atoms with Gasteiger partial charge in [0.1, 0.15) is 11.5 Å². The molecule has 2 atom stereocenters. The average Bonchev–Trinajstić information content (AvgIpc) is 2.72. The van der Waals surface area contributed by atoms with Crippen molar-refractivity contribution < 1.29 is 20.8 Å².